The summed E-state index contributed by atoms with van der Waals surface area (Å²) in [5, 5.41) is 3.76. The van der Waals surface area contributed by atoms with Gasteiger partial charge < -0.3 is 9.32 Å². The Morgan fingerprint density at radius 2 is 1.61 bits per heavy atom. The normalized spacial score (nSPS) is 21.5. The molecule has 2 nitrogen and oxygen atoms in total. The van der Waals surface area contributed by atoms with Crippen LogP contribution in [0.2, 0.25) is 0 Å². The quantitative estimate of drug-likeness (QED) is 0.186. The maximum absolute atomic E-state index is 6.95. The SMILES string of the molecule is CC1(C)C2=CCCC=C2c2ccc(-c3c4ccccc4cc4c5c(oc34)C=CC(N(C3=CC=CCC3)C3C=CC(c4ccccc4)=CC3)C5)cc21. The molecule has 0 fully saturated rings. The molecular weight excluding hydrogens is 619 g/mol. The zero-order chi connectivity index (χ0) is 34.1. The highest BCUT2D eigenvalue weighted by Gasteiger charge is 2.39. The first-order chi connectivity index (χ1) is 25.0. The fourth-order valence-corrected chi connectivity index (χ4v) is 9.52. The summed E-state index contributed by atoms with van der Waals surface area (Å²) in [6, 6.07) is 29.7. The number of hydrogen-bond donors (Lipinski definition) is 0. The predicted octanol–water partition coefficient (Wildman–Crippen LogP) is 12.5. The largest absolute Gasteiger partial charge is 0.456 e. The van der Waals surface area contributed by atoms with E-state index >= 15 is 0 Å². The molecule has 10 rings (SSSR count). The number of furan rings is 1. The van der Waals surface area contributed by atoms with E-state index in [2.05, 4.69) is 158 Å². The molecule has 5 aliphatic rings. The topological polar surface area (TPSA) is 16.4 Å². The van der Waals surface area contributed by atoms with Gasteiger partial charge in [0, 0.05) is 34.0 Å². The maximum atomic E-state index is 6.95. The van der Waals surface area contributed by atoms with Crippen molar-refractivity contribution in [1.82, 2.24) is 4.90 Å². The summed E-state index contributed by atoms with van der Waals surface area (Å²) in [6.45, 7) is 4.79. The molecule has 4 aromatic carbocycles. The number of fused-ring (bicyclic) bond motifs is 7. The molecule has 0 saturated heterocycles. The summed E-state index contributed by atoms with van der Waals surface area (Å²) in [5.74, 6) is 1.00. The summed E-state index contributed by atoms with van der Waals surface area (Å²) >= 11 is 0. The van der Waals surface area contributed by atoms with Crippen LogP contribution < -0.4 is 0 Å². The van der Waals surface area contributed by atoms with Crippen LogP contribution in [0.4, 0.5) is 0 Å². The highest BCUT2D eigenvalue weighted by molar-refractivity contribution is 6.12. The maximum Gasteiger partial charge on any atom is 0.143 e. The van der Waals surface area contributed by atoms with Gasteiger partial charge in [0.25, 0.3) is 0 Å². The van der Waals surface area contributed by atoms with E-state index in [4.69, 9.17) is 4.42 Å². The lowest BCUT2D eigenvalue weighted by Crippen LogP contribution is -2.43. The fraction of sp³-hybridized carbons (Fsp3) is 0.224. The van der Waals surface area contributed by atoms with Crippen LogP contribution in [-0.4, -0.2) is 17.0 Å². The predicted molar refractivity (Wildman–Crippen MR) is 214 cm³/mol. The van der Waals surface area contributed by atoms with Gasteiger partial charge in [-0.05, 0) is 106 Å². The van der Waals surface area contributed by atoms with Gasteiger partial charge in [0.1, 0.15) is 11.3 Å². The van der Waals surface area contributed by atoms with Gasteiger partial charge in [0.15, 0.2) is 0 Å². The molecule has 2 atom stereocenters. The first kappa shape index (κ1) is 30.5. The molecule has 0 radical (unpaired) electrons. The summed E-state index contributed by atoms with van der Waals surface area (Å²) < 4.78 is 6.95. The molecule has 250 valence electrons. The third-order valence-electron chi connectivity index (χ3n) is 12.0. The average molecular weight is 662 g/mol. The Bertz CT molecular complexity index is 2450. The van der Waals surface area contributed by atoms with Gasteiger partial charge in [-0.1, -0.05) is 129 Å². The van der Waals surface area contributed by atoms with Gasteiger partial charge in [0.05, 0.1) is 12.1 Å². The van der Waals surface area contributed by atoms with Crippen molar-refractivity contribution in [2.45, 2.75) is 69.9 Å². The number of rotatable bonds is 5. The summed E-state index contributed by atoms with van der Waals surface area (Å²) in [5.41, 5.74) is 14.5. The van der Waals surface area contributed by atoms with Crippen LogP contribution in [0.5, 0.6) is 0 Å². The van der Waals surface area contributed by atoms with Crippen molar-refractivity contribution in [2.24, 2.45) is 0 Å². The van der Waals surface area contributed by atoms with Gasteiger partial charge in [-0.2, -0.15) is 0 Å². The number of benzene rings is 4. The number of hydrogen-bond acceptors (Lipinski definition) is 2. The van der Waals surface area contributed by atoms with Crippen molar-refractivity contribution in [3.8, 4) is 11.1 Å². The minimum atomic E-state index is -0.0171. The zero-order valence-electron chi connectivity index (χ0n) is 29.5. The van der Waals surface area contributed by atoms with Gasteiger partial charge >= 0.3 is 0 Å². The minimum Gasteiger partial charge on any atom is -0.456 e. The van der Waals surface area contributed by atoms with Crippen LogP contribution in [0, 0.1) is 0 Å². The Kier molecular flexibility index (Phi) is 7.10. The van der Waals surface area contributed by atoms with Crippen molar-refractivity contribution in [2.75, 3.05) is 0 Å². The monoisotopic (exact) mass is 661 g/mol. The second-order valence-electron chi connectivity index (χ2n) is 15.3. The second-order valence-corrected chi connectivity index (χ2v) is 15.3. The van der Waals surface area contributed by atoms with Crippen LogP contribution in [0.25, 0.3) is 50.1 Å². The fourth-order valence-electron chi connectivity index (χ4n) is 9.52. The van der Waals surface area contributed by atoms with Crippen LogP contribution in [0.1, 0.15) is 74.0 Å². The lowest BCUT2D eigenvalue weighted by Gasteiger charge is -2.41. The molecule has 51 heavy (non-hydrogen) atoms. The van der Waals surface area contributed by atoms with E-state index in [1.807, 2.05) is 0 Å². The van der Waals surface area contributed by atoms with E-state index in [1.54, 1.807) is 0 Å². The van der Waals surface area contributed by atoms with Crippen LogP contribution in [-0.2, 0) is 11.8 Å². The molecule has 0 aliphatic heterocycles. The van der Waals surface area contributed by atoms with Crippen molar-refractivity contribution in [3.63, 3.8) is 0 Å². The van der Waals surface area contributed by atoms with E-state index < -0.39 is 0 Å². The van der Waals surface area contributed by atoms with Crippen LogP contribution >= 0.6 is 0 Å². The molecule has 5 aromatic rings. The van der Waals surface area contributed by atoms with Gasteiger partial charge in [-0.25, -0.2) is 0 Å². The first-order valence-electron chi connectivity index (χ1n) is 18.8. The molecule has 0 saturated carbocycles. The molecule has 1 heterocycles. The molecule has 5 aliphatic carbocycles. The standard InChI is InChI=1S/C49H43NO/c1-49(2)44-20-12-11-19-40(44)41-27-23-35(30-45(41)49)47-39-18-10-9-15-34(39)29-43-42-31-38(26-28-46(42)51-48(43)47)50(36-16-7-4-8-17-36)37-24-21-33(22-25-37)32-13-5-3-6-14-32/h3-7,9-10,13-16,18-24,26-30,37-38H,8,11-12,17,25,31H2,1-2H3. The Labute approximate surface area is 301 Å². The van der Waals surface area contributed by atoms with Crippen molar-refractivity contribution in [3.05, 3.63) is 173 Å². The average Bonchev–Trinajstić information content (AvgIpc) is 3.66. The van der Waals surface area contributed by atoms with E-state index in [-0.39, 0.29) is 11.5 Å². The second kappa shape index (κ2) is 11.9. The Hall–Kier alpha value is -5.34. The van der Waals surface area contributed by atoms with E-state index in [1.165, 1.54) is 72.0 Å². The molecule has 0 amide bonds. The van der Waals surface area contributed by atoms with E-state index in [0.29, 0.717) is 6.04 Å². The summed E-state index contributed by atoms with van der Waals surface area (Å²) in [7, 11) is 0. The molecular formula is C49H43NO. The highest BCUT2D eigenvalue weighted by atomic mass is 16.3. The third kappa shape index (κ3) is 4.91. The number of nitrogens with zero attached hydrogens (tertiary/aromatic N) is 1. The van der Waals surface area contributed by atoms with E-state index in [0.717, 1.165) is 49.9 Å². The minimum absolute atomic E-state index is 0.0171. The third-order valence-corrected chi connectivity index (χ3v) is 12.0. The molecule has 2 heteroatoms. The van der Waals surface area contributed by atoms with Gasteiger partial charge in [0.2, 0.25) is 0 Å². The van der Waals surface area contributed by atoms with Crippen LogP contribution in [0.3, 0.4) is 0 Å². The molecule has 1 aromatic heterocycles. The Balaban J connectivity index is 1.06. The Morgan fingerprint density at radius 3 is 2.45 bits per heavy atom. The highest BCUT2D eigenvalue weighted by Crippen LogP contribution is 2.53. The lowest BCUT2D eigenvalue weighted by molar-refractivity contribution is 0.234. The lowest BCUT2D eigenvalue weighted by atomic mass is 9.80. The molecule has 0 N–H and O–H groups in total. The van der Waals surface area contributed by atoms with Crippen molar-refractivity contribution in [1.29, 1.82) is 0 Å². The zero-order valence-corrected chi connectivity index (χ0v) is 29.5. The summed E-state index contributed by atoms with van der Waals surface area (Å²) in [4.78, 5) is 2.70. The summed E-state index contributed by atoms with van der Waals surface area (Å²) in [6.07, 6.45) is 30.0. The molecule has 2 unspecified atom stereocenters. The Morgan fingerprint density at radius 1 is 0.765 bits per heavy atom. The first-order valence-corrected chi connectivity index (χ1v) is 18.8. The molecule has 0 spiro atoms. The van der Waals surface area contributed by atoms with Crippen molar-refractivity contribution >= 4 is 39.0 Å². The van der Waals surface area contributed by atoms with Crippen LogP contribution in [0.15, 0.2) is 149 Å². The van der Waals surface area contributed by atoms with Crippen molar-refractivity contribution < 1.29 is 4.42 Å². The molecule has 0 bridgehead atoms. The van der Waals surface area contributed by atoms with E-state index in [9.17, 15) is 0 Å². The smallest absolute Gasteiger partial charge is 0.143 e. The van der Waals surface area contributed by atoms with Gasteiger partial charge in [-0.3, -0.25) is 0 Å². The van der Waals surface area contributed by atoms with Gasteiger partial charge in [-0.15, -0.1) is 0 Å². The number of allylic oxidation sites excluding steroid dienone is 10.